The normalized spacial score (nSPS) is 30.6. The Bertz CT molecular complexity index is 1230. The number of hydrogen-bond donors (Lipinski definition) is 0. The summed E-state index contributed by atoms with van der Waals surface area (Å²) >= 11 is 0. The molecule has 0 amide bonds. The van der Waals surface area contributed by atoms with E-state index >= 15 is 0 Å². The molecule has 8 rings (SSSR count). The van der Waals surface area contributed by atoms with Gasteiger partial charge in [0.25, 0.3) is 0 Å². The largest absolute Gasteiger partial charge is 0.458 e. The van der Waals surface area contributed by atoms with E-state index in [0.29, 0.717) is 30.6 Å². The zero-order valence-corrected chi connectivity index (χ0v) is 22.1. The Morgan fingerprint density at radius 2 is 1.39 bits per heavy atom. The van der Waals surface area contributed by atoms with Crippen molar-refractivity contribution in [2.45, 2.75) is 75.2 Å². The Morgan fingerprint density at radius 1 is 0.763 bits per heavy atom. The summed E-state index contributed by atoms with van der Waals surface area (Å²) in [5.41, 5.74) is 5.75. The van der Waals surface area contributed by atoms with Crippen LogP contribution in [0.5, 0.6) is 0 Å². The molecule has 4 heteroatoms. The molecule has 38 heavy (non-hydrogen) atoms. The van der Waals surface area contributed by atoms with Crippen LogP contribution >= 0.6 is 0 Å². The highest BCUT2D eigenvalue weighted by Gasteiger charge is 2.59. The van der Waals surface area contributed by atoms with Crippen molar-refractivity contribution in [1.82, 2.24) is 4.90 Å². The number of hydrogen-bond acceptors (Lipinski definition) is 4. The van der Waals surface area contributed by atoms with Crippen LogP contribution in [0.1, 0.15) is 83.0 Å². The second kappa shape index (κ2) is 9.98. The molecule has 196 valence electrons. The maximum absolute atomic E-state index is 13.7. The quantitative estimate of drug-likeness (QED) is 0.354. The molecule has 0 aromatic heterocycles. The molecule has 0 radical (unpaired) electrons. The number of benzene rings is 3. The molecule has 4 nitrogen and oxygen atoms in total. The molecule has 3 aromatic rings. The van der Waals surface area contributed by atoms with Gasteiger partial charge >= 0.3 is 5.97 Å². The van der Waals surface area contributed by atoms with Crippen molar-refractivity contribution in [3.63, 3.8) is 0 Å². The lowest BCUT2D eigenvalue weighted by molar-refractivity contribution is -0.115. The second-order valence-corrected chi connectivity index (χ2v) is 11.9. The lowest BCUT2D eigenvalue weighted by Crippen LogP contribution is -2.64. The maximum Gasteiger partial charge on any atom is 0.338 e. The highest BCUT2D eigenvalue weighted by molar-refractivity contribution is 5.90. The number of nitrogens with zero attached hydrogens (tertiary/aromatic N) is 1. The molecule has 0 unspecified atom stereocenters. The fourth-order valence-corrected chi connectivity index (χ4v) is 8.11. The minimum Gasteiger partial charge on any atom is -0.458 e. The van der Waals surface area contributed by atoms with E-state index in [0.717, 1.165) is 37.9 Å². The second-order valence-electron chi connectivity index (χ2n) is 11.9. The van der Waals surface area contributed by atoms with Gasteiger partial charge in [0.1, 0.15) is 6.10 Å². The van der Waals surface area contributed by atoms with E-state index < -0.39 is 0 Å². The number of piperidine rings is 1. The minimum absolute atomic E-state index is 0.0485. The van der Waals surface area contributed by atoms with Gasteiger partial charge in [-0.05, 0) is 85.0 Å². The Morgan fingerprint density at radius 3 is 2.05 bits per heavy atom. The van der Waals surface area contributed by atoms with Gasteiger partial charge in [-0.1, -0.05) is 73.2 Å². The third kappa shape index (κ3) is 4.28. The summed E-state index contributed by atoms with van der Waals surface area (Å²) in [6, 6.07) is 27.9. The summed E-state index contributed by atoms with van der Waals surface area (Å²) in [6.45, 7) is 3.51. The predicted octanol–water partition coefficient (Wildman–Crippen LogP) is 6.85. The Kier molecular flexibility index (Phi) is 6.33. The molecule has 3 aliphatic carbocycles. The number of carbonyl (C=O) groups is 1. The van der Waals surface area contributed by atoms with Crippen molar-refractivity contribution < 1.29 is 14.3 Å². The number of ether oxygens (including phenoxy) is 2. The molecule has 1 saturated heterocycles. The fraction of sp³-hybridized carbons (Fsp3) is 0.441. The summed E-state index contributed by atoms with van der Waals surface area (Å²) in [5.74, 6) is 0.784. The molecule has 2 aliphatic heterocycles. The molecule has 3 aromatic carbocycles. The van der Waals surface area contributed by atoms with E-state index in [2.05, 4.69) is 65.6 Å². The number of likely N-dealkylation sites (tertiary alicyclic amines) is 1. The van der Waals surface area contributed by atoms with Crippen molar-refractivity contribution in [1.29, 1.82) is 0 Å². The van der Waals surface area contributed by atoms with E-state index in [9.17, 15) is 4.79 Å². The average Bonchev–Trinajstić information content (AvgIpc) is 3.47. The summed E-state index contributed by atoms with van der Waals surface area (Å²) in [5, 5.41) is 0. The van der Waals surface area contributed by atoms with Crippen molar-refractivity contribution in [2.24, 2.45) is 5.92 Å². The molecule has 3 atom stereocenters. The standard InChI is InChI=1S/C34H37NO3/c36-33(26-14-15-27-22-37-23-28(27)18-26)38-31-21-34(35-16-8-3-9-17-35)19-29(24-10-4-1-5-11-24)32(31)30(20-34)25-12-6-2-7-13-25/h1-2,4-7,10-15,18,29-32H,3,8-9,16-17,19-23H2/t29-,30-,31+,32?,34?/m0/s1. The van der Waals surface area contributed by atoms with E-state index in [4.69, 9.17) is 9.47 Å². The van der Waals surface area contributed by atoms with Gasteiger partial charge in [0.15, 0.2) is 0 Å². The summed E-state index contributed by atoms with van der Waals surface area (Å²) in [6.07, 6.45) is 6.96. The van der Waals surface area contributed by atoms with Crippen LogP contribution in [0.3, 0.4) is 0 Å². The first-order valence-electron chi connectivity index (χ1n) is 14.5. The van der Waals surface area contributed by atoms with Crippen molar-refractivity contribution >= 4 is 5.97 Å². The van der Waals surface area contributed by atoms with Crippen molar-refractivity contribution in [3.05, 3.63) is 107 Å². The van der Waals surface area contributed by atoms with Crippen LogP contribution in [0.25, 0.3) is 0 Å². The Balaban J connectivity index is 1.29. The number of rotatable bonds is 5. The minimum atomic E-state index is -0.190. The SMILES string of the molecule is O=C(O[C@@H]1CC2(N3CCCCC3)C[C@@H](c3ccccc3)C1[C@H](c1ccccc1)C2)c1ccc2c(c1)COC2. The van der Waals surface area contributed by atoms with Gasteiger partial charge in [-0.2, -0.15) is 0 Å². The molecule has 2 bridgehead atoms. The van der Waals surface area contributed by atoms with Gasteiger partial charge in [-0.15, -0.1) is 0 Å². The molecule has 5 aliphatic rings. The maximum atomic E-state index is 13.7. The first kappa shape index (κ1) is 24.1. The van der Waals surface area contributed by atoms with E-state index in [1.165, 1.54) is 36.0 Å². The zero-order chi connectivity index (χ0) is 25.5. The molecule has 2 heterocycles. The van der Waals surface area contributed by atoms with Crippen LogP contribution in [0, 0.1) is 5.92 Å². The van der Waals surface area contributed by atoms with Crippen LogP contribution in [0.2, 0.25) is 0 Å². The first-order valence-corrected chi connectivity index (χ1v) is 14.5. The number of fused-ring (bicyclic) bond motifs is 4. The van der Waals surface area contributed by atoms with E-state index in [-0.39, 0.29) is 23.5 Å². The monoisotopic (exact) mass is 507 g/mol. The van der Waals surface area contributed by atoms with Gasteiger partial charge in [-0.3, -0.25) is 4.90 Å². The molecular weight excluding hydrogens is 470 g/mol. The first-order chi connectivity index (χ1) is 18.7. The number of carbonyl (C=O) groups excluding carboxylic acids is 1. The van der Waals surface area contributed by atoms with Gasteiger partial charge in [0.2, 0.25) is 0 Å². The highest BCUT2D eigenvalue weighted by atomic mass is 16.5. The third-order valence-corrected chi connectivity index (χ3v) is 9.84. The van der Waals surface area contributed by atoms with Crippen LogP contribution in [-0.4, -0.2) is 35.6 Å². The molecule has 4 fully saturated rings. The van der Waals surface area contributed by atoms with Gasteiger partial charge in [-0.25, -0.2) is 4.79 Å². The van der Waals surface area contributed by atoms with Crippen LogP contribution < -0.4 is 0 Å². The fourth-order valence-electron chi connectivity index (χ4n) is 8.11. The summed E-state index contributed by atoms with van der Waals surface area (Å²) in [7, 11) is 0. The van der Waals surface area contributed by atoms with Crippen LogP contribution in [-0.2, 0) is 22.7 Å². The summed E-state index contributed by atoms with van der Waals surface area (Å²) in [4.78, 5) is 16.5. The molecular formula is C34H37NO3. The van der Waals surface area contributed by atoms with Crippen LogP contribution in [0.4, 0.5) is 0 Å². The topological polar surface area (TPSA) is 38.8 Å². The molecule has 0 N–H and O–H groups in total. The van der Waals surface area contributed by atoms with Gasteiger partial charge in [0, 0.05) is 17.9 Å². The molecule has 0 spiro atoms. The van der Waals surface area contributed by atoms with Gasteiger partial charge in [0.05, 0.1) is 18.8 Å². The molecule has 3 saturated carbocycles. The Hall–Kier alpha value is -2.95. The predicted molar refractivity (Wildman–Crippen MR) is 148 cm³/mol. The van der Waals surface area contributed by atoms with E-state index in [1.807, 2.05) is 18.2 Å². The van der Waals surface area contributed by atoms with E-state index in [1.54, 1.807) is 0 Å². The summed E-state index contributed by atoms with van der Waals surface area (Å²) < 4.78 is 12.2. The van der Waals surface area contributed by atoms with Crippen molar-refractivity contribution in [3.8, 4) is 0 Å². The smallest absolute Gasteiger partial charge is 0.338 e. The van der Waals surface area contributed by atoms with Crippen LogP contribution in [0.15, 0.2) is 78.9 Å². The Labute approximate surface area is 226 Å². The van der Waals surface area contributed by atoms with Crippen molar-refractivity contribution in [2.75, 3.05) is 13.1 Å². The zero-order valence-electron chi connectivity index (χ0n) is 22.1. The lowest BCUT2D eigenvalue weighted by atomic mass is 9.51. The number of esters is 1. The van der Waals surface area contributed by atoms with Gasteiger partial charge < -0.3 is 9.47 Å². The lowest BCUT2D eigenvalue weighted by Gasteiger charge is -2.62. The third-order valence-electron chi connectivity index (χ3n) is 9.84. The highest BCUT2D eigenvalue weighted by Crippen LogP contribution is 2.60. The average molecular weight is 508 g/mol.